The molecule has 16 heavy (non-hydrogen) atoms. The lowest BCUT2D eigenvalue weighted by Crippen LogP contribution is -2.39. The number of rotatable bonds is 6. The summed E-state index contributed by atoms with van der Waals surface area (Å²) < 4.78 is 21.7. The largest absolute Gasteiger partial charge is 0.390 e. The smallest absolute Gasteiger partial charge is 0.223 e. The second-order valence-electron chi connectivity index (χ2n) is 4.52. The van der Waals surface area contributed by atoms with Gasteiger partial charge in [-0.15, -0.1) is 0 Å². The van der Waals surface area contributed by atoms with Gasteiger partial charge in [0.1, 0.15) is 9.84 Å². The molecule has 0 aliphatic rings. The van der Waals surface area contributed by atoms with Crippen LogP contribution in [0.1, 0.15) is 20.8 Å². The van der Waals surface area contributed by atoms with Crippen LogP contribution in [-0.4, -0.2) is 44.1 Å². The molecule has 0 saturated carbocycles. The highest BCUT2D eigenvalue weighted by Crippen LogP contribution is 2.08. The molecule has 0 aromatic carbocycles. The van der Waals surface area contributed by atoms with Gasteiger partial charge in [-0.05, 0) is 5.92 Å². The van der Waals surface area contributed by atoms with E-state index in [4.69, 9.17) is 0 Å². The molecule has 0 aromatic rings. The Morgan fingerprint density at radius 2 is 1.81 bits per heavy atom. The molecule has 2 N–H and O–H groups in total. The molecule has 0 bridgehead atoms. The topological polar surface area (TPSA) is 83.5 Å². The molecule has 0 fully saturated rings. The van der Waals surface area contributed by atoms with Gasteiger partial charge in [-0.25, -0.2) is 8.42 Å². The molecule has 0 aliphatic carbocycles. The van der Waals surface area contributed by atoms with Crippen molar-refractivity contribution in [1.29, 1.82) is 0 Å². The minimum atomic E-state index is -3.21. The van der Waals surface area contributed by atoms with E-state index in [-0.39, 0.29) is 30.0 Å². The van der Waals surface area contributed by atoms with Crippen LogP contribution in [-0.2, 0) is 14.6 Å². The Kier molecular flexibility index (Phi) is 5.96. The van der Waals surface area contributed by atoms with E-state index in [2.05, 4.69) is 5.32 Å². The summed E-state index contributed by atoms with van der Waals surface area (Å²) in [6.45, 7) is 5.63. The highest BCUT2D eigenvalue weighted by Gasteiger charge is 2.18. The SMILES string of the molecule is CC(C)C(C)C(=O)NCC(O)CS(C)(=O)=O. The van der Waals surface area contributed by atoms with Crippen molar-refractivity contribution in [1.82, 2.24) is 5.32 Å². The summed E-state index contributed by atoms with van der Waals surface area (Å²) in [5.74, 6) is -0.427. The summed E-state index contributed by atoms with van der Waals surface area (Å²) in [6.07, 6.45) is 0.00715. The summed E-state index contributed by atoms with van der Waals surface area (Å²) in [7, 11) is -3.21. The Balaban J connectivity index is 4.02. The Labute approximate surface area is 97.2 Å². The van der Waals surface area contributed by atoms with Gasteiger partial charge in [0.25, 0.3) is 0 Å². The summed E-state index contributed by atoms with van der Waals surface area (Å²) in [5.41, 5.74) is 0. The van der Waals surface area contributed by atoms with Gasteiger partial charge >= 0.3 is 0 Å². The maximum absolute atomic E-state index is 11.5. The van der Waals surface area contributed by atoms with E-state index >= 15 is 0 Å². The number of nitrogens with one attached hydrogen (secondary N) is 1. The molecular formula is C10H21NO4S. The lowest BCUT2D eigenvalue weighted by Gasteiger charge is -2.17. The minimum Gasteiger partial charge on any atom is -0.390 e. The van der Waals surface area contributed by atoms with Crippen LogP contribution >= 0.6 is 0 Å². The second kappa shape index (κ2) is 6.20. The van der Waals surface area contributed by atoms with Crippen LogP contribution in [0.25, 0.3) is 0 Å². The number of sulfone groups is 1. The van der Waals surface area contributed by atoms with Crippen LogP contribution in [0.15, 0.2) is 0 Å². The van der Waals surface area contributed by atoms with Crippen molar-refractivity contribution in [3.05, 3.63) is 0 Å². The first-order valence-electron chi connectivity index (χ1n) is 5.27. The third-order valence-electron chi connectivity index (χ3n) is 2.42. The molecule has 0 spiro atoms. The first-order valence-corrected chi connectivity index (χ1v) is 7.33. The van der Waals surface area contributed by atoms with Crippen LogP contribution in [0, 0.1) is 11.8 Å². The molecule has 0 aromatic heterocycles. The van der Waals surface area contributed by atoms with Crippen LogP contribution in [0.3, 0.4) is 0 Å². The molecule has 96 valence electrons. The van der Waals surface area contributed by atoms with Gasteiger partial charge in [0.15, 0.2) is 0 Å². The van der Waals surface area contributed by atoms with Gasteiger partial charge in [-0.2, -0.15) is 0 Å². The number of carbonyl (C=O) groups is 1. The van der Waals surface area contributed by atoms with Gasteiger partial charge in [0.2, 0.25) is 5.91 Å². The molecule has 0 heterocycles. The fourth-order valence-electron chi connectivity index (χ4n) is 1.09. The molecule has 2 atom stereocenters. The Morgan fingerprint density at radius 1 is 1.31 bits per heavy atom. The molecule has 5 nitrogen and oxygen atoms in total. The number of hydrogen-bond acceptors (Lipinski definition) is 4. The van der Waals surface area contributed by atoms with E-state index in [0.29, 0.717) is 0 Å². The zero-order valence-electron chi connectivity index (χ0n) is 10.2. The zero-order chi connectivity index (χ0) is 12.9. The average molecular weight is 251 g/mol. The number of carbonyl (C=O) groups excluding carboxylic acids is 1. The standard InChI is InChI=1S/C10H21NO4S/c1-7(2)8(3)10(13)11-5-9(12)6-16(4,14)15/h7-9,12H,5-6H2,1-4H3,(H,11,13). The molecule has 2 unspecified atom stereocenters. The average Bonchev–Trinajstić information content (AvgIpc) is 2.09. The summed E-state index contributed by atoms with van der Waals surface area (Å²) in [6, 6.07) is 0. The Morgan fingerprint density at radius 3 is 2.19 bits per heavy atom. The summed E-state index contributed by atoms with van der Waals surface area (Å²) in [5, 5.41) is 11.9. The minimum absolute atomic E-state index is 0.0248. The fraction of sp³-hybridized carbons (Fsp3) is 0.900. The molecule has 0 aliphatic heterocycles. The van der Waals surface area contributed by atoms with Gasteiger partial charge in [0.05, 0.1) is 11.9 Å². The van der Waals surface area contributed by atoms with Crippen molar-refractivity contribution < 1.29 is 18.3 Å². The first-order chi connectivity index (χ1) is 7.13. The van der Waals surface area contributed by atoms with Crippen LogP contribution in [0.4, 0.5) is 0 Å². The van der Waals surface area contributed by atoms with Gasteiger partial charge in [-0.1, -0.05) is 20.8 Å². The molecule has 1 amide bonds. The lowest BCUT2D eigenvalue weighted by molar-refractivity contribution is -0.126. The van der Waals surface area contributed by atoms with E-state index in [0.717, 1.165) is 6.26 Å². The lowest BCUT2D eigenvalue weighted by atomic mass is 9.97. The van der Waals surface area contributed by atoms with Gasteiger partial charge in [-0.3, -0.25) is 4.79 Å². The Bertz CT molecular complexity index is 324. The molecule has 0 saturated heterocycles. The highest BCUT2D eigenvalue weighted by atomic mass is 32.2. The van der Waals surface area contributed by atoms with Crippen molar-refractivity contribution >= 4 is 15.7 Å². The third-order valence-corrected chi connectivity index (χ3v) is 3.41. The summed E-state index contributed by atoms with van der Waals surface area (Å²) >= 11 is 0. The number of hydrogen-bond donors (Lipinski definition) is 2. The number of amides is 1. The molecule has 6 heteroatoms. The van der Waals surface area contributed by atoms with Crippen LogP contribution in [0.2, 0.25) is 0 Å². The molecule has 0 rings (SSSR count). The normalized spacial score (nSPS) is 15.9. The number of aliphatic hydroxyl groups is 1. The van der Waals surface area contributed by atoms with Crippen LogP contribution in [0.5, 0.6) is 0 Å². The van der Waals surface area contributed by atoms with E-state index in [1.54, 1.807) is 6.92 Å². The van der Waals surface area contributed by atoms with E-state index in [1.165, 1.54) is 0 Å². The third kappa shape index (κ3) is 6.79. The number of aliphatic hydroxyl groups excluding tert-OH is 1. The monoisotopic (exact) mass is 251 g/mol. The van der Waals surface area contributed by atoms with Crippen molar-refractivity contribution in [2.75, 3.05) is 18.6 Å². The first kappa shape index (κ1) is 15.4. The second-order valence-corrected chi connectivity index (χ2v) is 6.71. The van der Waals surface area contributed by atoms with Crippen molar-refractivity contribution in [3.8, 4) is 0 Å². The van der Waals surface area contributed by atoms with Gasteiger partial charge in [0, 0.05) is 18.7 Å². The highest BCUT2D eigenvalue weighted by molar-refractivity contribution is 7.90. The fourth-order valence-corrected chi connectivity index (χ4v) is 1.91. The Hall–Kier alpha value is -0.620. The van der Waals surface area contributed by atoms with Crippen molar-refractivity contribution in [2.45, 2.75) is 26.9 Å². The van der Waals surface area contributed by atoms with Crippen molar-refractivity contribution in [2.24, 2.45) is 11.8 Å². The van der Waals surface area contributed by atoms with E-state index < -0.39 is 15.9 Å². The maximum atomic E-state index is 11.5. The molecule has 0 radical (unpaired) electrons. The predicted octanol–water partition coefficient (Wildman–Crippen LogP) is -0.200. The van der Waals surface area contributed by atoms with Gasteiger partial charge < -0.3 is 10.4 Å². The van der Waals surface area contributed by atoms with Crippen molar-refractivity contribution in [3.63, 3.8) is 0 Å². The van der Waals surface area contributed by atoms with E-state index in [1.807, 2.05) is 13.8 Å². The van der Waals surface area contributed by atoms with E-state index in [9.17, 15) is 18.3 Å². The van der Waals surface area contributed by atoms with Crippen LogP contribution < -0.4 is 5.32 Å². The maximum Gasteiger partial charge on any atom is 0.223 e. The summed E-state index contributed by atoms with van der Waals surface area (Å²) in [4.78, 5) is 11.5. The predicted molar refractivity (Wildman–Crippen MR) is 62.7 cm³/mol. The zero-order valence-corrected chi connectivity index (χ0v) is 11.0. The molecular weight excluding hydrogens is 230 g/mol. The quantitative estimate of drug-likeness (QED) is 0.685.